The quantitative estimate of drug-likeness (QED) is 0.295. The van der Waals surface area contributed by atoms with Crippen molar-refractivity contribution in [2.75, 3.05) is 64.1 Å². The van der Waals surface area contributed by atoms with Gasteiger partial charge in [0.15, 0.2) is 0 Å². The number of aryl methyl sites for hydroxylation is 1. The number of pyridine rings is 1. The van der Waals surface area contributed by atoms with Crippen molar-refractivity contribution in [1.29, 1.82) is 0 Å². The zero-order valence-corrected chi connectivity index (χ0v) is 23.7. The molecule has 0 aliphatic carbocycles. The van der Waals surface area contributed by atoms with Crippen LogP contribution in [0.25, 0.3) is 33.4 Å². The smallest absolute Gasteiger partial charge is 0.248 e. The minimum absolute atomic E-state index is 0.157. The van der Waals surface area contributed by atoms with E-state index < -0.39 is 0 Å². The molecule has 0 unspecified atom stereocenters. The Labute approximate surface area is 235 Å². The number of nitrogens with zero attached hydrogens (tertiary/aromatic N) is 4. The van der Waals surface area contributed by atoms with Crippen LogP contribution in [0.4, 0.5) is 11.4 Å². The van der Waals surface area contributed by atoms with E-state index in [2.05, 4.69) is 62.5 Å². The molecule has 2 N–H and O–H groups in total. The van der Waals surface area contributed by atoms with E-state index in [-0.39, 0.29) is 5.91 Å². The molecule has 1 amide bonds. The number of fused-ring (bicyclic) bond motifs is 1. The first-order chi connectivity index (χ1) is 18.8. The van der Waals surface area contributed by atoms with Gasteiger partial charge >= 0.3 is 0 Å². The summed E-state index contributed by atoms with van der Waals surface area (Å²) < 4.78 is 0. The van der Waals surface area contributed by atoms with Crippen molar-refractivity contribution in [3.63, 3.8) is 0 Å². The summed E-state index contributed by atoms with van der Waals surface area (Å²) in [5.74, 6) is -0.157. The number of anilines is 2. The topological polar surface area (TPSA) is 67.5 Å². The van der Waals surface area contributed by atoms with E-state index >= 15 is 0 Å². The standard InChI is InChI=1S/C31H35ClN6O/c1-21-7-8-23(20-26(21)34-27(39)6-5-15-36(2)3)28-29-25(32)13-14-33-31(29)35-30(28)22-9-11-24(12-10-22)38-18-16-37(4)17-19-38/h5-14,20H,15-19H2,1-4H3,(H,33,35)(H,34,39)/b6-5+. The third-order valence-corrected chi connectivity index (χ3v) is 7.51. The van der Waals surface area contributed by atoms with Gasteiger partial charge in [0.2, 0.25) is 5.91 Å². The lowest BCUT2D eigenvalue weighted by atomic mass is 9.97. The van der Waals surface area contributed by atoms with Gasteiger partial charge in [-0.3, -0.25) is 4.79 Å². The van der Waals surface area contributed by atoms with Crippen LogP contribution in [0.1, 0.15) is 5.56 Å². The zero-order valence-electron chi connectivity index (χ0n) is 23.0. The lowest BCUT2D eigenvalue weighted by Crippen LogP contribution is -2.44. The molecule has 2 aromatic carbocycles. The van der Waals surface area contributed by atoms with E-state index in [4.69, 9.17) is 11.6 Å². The Bertz CT molecular complexity index is 1500. The van der Waals surface area contributed by atoms with Crippen molar-refractivity contribution >= 4 is 39.9 Å². The summed E-state index contributed by atoms with van der Waals surface area (Å²) in [6.07, 6.45) is 5.14. The molecule has 0 saturated carbocycles. The van der Waals surface area contributed by atoms with Gasteiger partial charge in [-0.1, -0.05) is 41.9 Å². The minimum Gasteiger partial charge on any atom is -0.369 e. The number of aromatic amines is 1. The van der Waals surface area contributed by atoms with Crippen molar-refractivity contribution in [2.24, 2.45) is 0 Å². The maximum absolute atomic E-state index is 12.6. The van der Waals surface area contributed by atoms with Crippen LogP contribution in [0, 0.1) is 6.92 Å². The summed E-state index contributed by atoms with van der Waals surface area (Å²) in [5, 5.41) is 4.54. The summed E-state index contributed by atoms with van der Waals surface area (Å²) in [5.41, 5.74) is 7.61. The second-order valence-corrected chi connectivity index (χ2v) is 10.8. The molecule has 1 fully saturated rings. The van der Waals surface area contributed by atoms with Crippen LogP contribution < -0.4 is 10.2 Å². The van der Waals surface area contributed by atoms with Crippen LogP contribution >= 0.6 is 11.6 Å². The molecule has 1 saturated heterocycles. The van der Waals surface area contributed by atoms with Crippen LogP contribution in [-0.2, 0) is 4.79 Å². The second kappa shape index (κ2) is 11.6. The highest BCUT2D eigenvalue weighted by molar-refractivity contribution is 6.36. The Balaban J connectivity index is 1.52. The summed E-state index contributed by atoms with van der Waals surface area (Å²) >= 11 is 6.74. The Hall–Kier alpha value is -3.65. The molecule has 0 atom stereocenters. The molecule has 39 heavy (non-hydrogen) atoms. The first kappa shape index (κ1) is 26.9. The summed E-state index contributed by atoms with van der Waals surface area (Å²) in [7, 11) is 6.10. The number of H-pyrrole nitrogens is 1. The summed E-state index contributed by atoms with van der Waals surface area (Å²) in [4.78, 5) is 27.5. The first-order valence-corrected chi connectivity index (χ1v) is 13.6. The SMILES string of the molecule is Cc1ccc(-c2c(-c3ccc(N4CCN(C)CC4)cc3)[nH]c3nccc(Cl)c23)cc1NC(=O)/C=C/CN(C)C. The molecule has 7 nitrogen and oxygen atoms in total. The van der Waals surface area contributed by atoms with E-state index in [0.29, 0.717) is 11.6 Å². The van der Waals surface area contributed by atoms with Crippen molar-refractivity contribution in [3.05, 3.63) is 77.5 Å². The molecule has 5 rings (SSSR count). The highest BCUT2D eigenvalue weighted by Crippen LogP contribution is 2.42. The number of halogens is 1. The molecule has 4 aromatic rings. The number of hydrogen-bond acceptors (Lipinski definition) is 5. The van der Waals surface area contributed by atoms with Gasteiger partial charge in [-0.05, 0) is 69.0 Å². The molecule has 202 valence electrons. The average Bonchev–Trinajstić information content (AvgIpc) is 3.31. The van der Waals surface area contributed by atoms with Gasteiger partial charge in [-0.15, -0.1) is 0 Å². The number of hydrogen-bond donors (Lipinski definition) is 2. The molecule has 0 bridgehead atoms. The lowest BCUT2D eigenvalue weighted by Gasteiger charge is -2.34. The van der Waals surface area contributed by atoms with Crippen LogP contribution in [0.2, 0.25) is 5.02 Å². The summed E-state index contributed by atoms with van der Waals surface area (Å²) in [6.45, 7) is 6.87. The Morgan fingerprint density at radius 3 is 2.51 bits per heavy atom. The maximum Gasteiger partial charge on any atom is 0.248 e. The van der Waals surface area contributed by atoms with Gasteiger partial charge in [0.05, 0.1) is 10.7 Å². The van der Waals surface area contributed by atoms with E-state index in [1.165, 1.54) is 5.69 Å². The molecule has 1 aliphatic heterocycles. The largest absolute Gasteiger partial charge is 0.369 e. The van der Waals surface area contributed by atoms with E-state index in [9.17, 15) is 4.79 Å². The predicted octanol–water partition coefficient (Wildman–Crippen LogP) is 5.67. The highest BCUT2D eigenvalue weighted by Gasteiger charge is 2.20. The number of carbonyl (C=O) groups is 1. The molecule has 8 heteroatoms. The zero-order chi connectivity index (χ0) is 27.5. The minimum atomic E-state index is -0.157. The van der Waals surface area contributed by atoms with Gasteiger partial charge in [-0.25, -0.2) is 4.98 Å². The van der Waals surface area contributed by atoms with E-state index in [0.717, 1.165) is 70.8 Å². The number of piperazine rings is 1. The third-order valence-electron chi connectivity index (χ3n) is 7.19. The molecule has 1 aliphatic rings. The number of amides is 1. The average molecular weight is 543 g/mol. The number of nitrogens with one attached hydrogen (secondary N) is 2. The number of rotatable bonds is 7. The van der Waals surface area contributed by atoms with Crippen LogP contribution in [0.5, 0.6) is 0 Å². The number of likely N-dealkylation sites (N-methyl/N-ethyl adjacent to an activating group) is 2. The van der Waals surface area contributed by atoms with Gasteiger partial charge in [-0.2, -0.15) is 0 Å². The van der Waals surface area contributed by atoms with Crippen molar-refractivity contribution in [2.45, 2.75) is 6.92 Å². The maximum atomic E-state index is 12.6. The van der Waals surface area contributed by atoms with Crippen molar-refractivity contribution in [1.82, 2.24) is 19.8 Å². The van der Waals surface area contributed by atoms with Crippen LogP contribution in [0.15, 0.2) is 66.9 Å². The normalized spacial score (nSPS) is 14.6. The van der Waals surface area contributed by atoms with E-state index in [1.807, 2.05) is 50.2 Å². The van der Waals surface area contributed by atoms with Gasteiger partial charge in [0.25, 0.3) is 0 Å². The van der Waals surface area contributed by atoms with Gasteiger partial charge < -0.3 is 25.0 Å². The molecule has 2 aromatic heterocycles. The second-order valence-electron chi connectivity index (χ2n) is 10.4. The molecular formula is C31H35ClN6O. The Morgan fingerprint density at radius 2 is 1.79 bits per heavy atom. The van der Waals surface area contributed by atoms with Crippen LogP contribution in [-0.4, -0.2) is 79.5 Å². The Morgan fingerprint density at radius 1 is 1.08 bits per heavy atom. The monoisotopic (exact) mass is 542 g/mol. The third kappa shape index (κ3) is 6.01. The number of benzene rings is 2. The Kier molecular flexibility index (Phi) is 8.02. The number of aromatic nitrogens is 2. The van der Waals surface area contributed by atoms with Gasteiger partial charge in [0.1, 0.15) is 5.65 Å². The first-order valence-electron chi connectivity index (χ1n) is 13.2. The summed E-state index contributed by atoms with van der Waals surface area (Å²) in [6, 6.07) is 16.6. The molecule has 0 spiro atoms. The van der Waals surface area contributed by atoms with Crippen molar-refractivity contribution in [3.8, 4) is 22.4 Å². The molecule has 3 heterocycles. The van der Waals surface area contributed by atoms with Gasteiger partial charge in [0, 0.05) is 67.3 Å². The number of carbonyl (C=O) groups excluding carboxylic acids is 1. The van der Waals surface area contributed by atoms with E-state index in [1.54, 1.807) is 12.3 Å². The molecule has 0 radical (unpaired) electrons. The fourth-order valence-corrected chi connectivity index (χ4v) is 5.18. The lowest BCUT2D eigenvalue weighted by molar-refractivity contribution is -0.111. The fourth-order valence-electron chi connectivity index (χ4n) is 4.94. The highest BCUT2D eigenvalue weighted by atomic mass is 35.5. The predicted molar refractivity (Wildman–Crippen MR) is 163 cm³/mol. The van der Waals surface area contributed by atoms with Crippen LogP contribution in [0.3, 0.4) is 0 Å². The molecular weight excluding hydrogens is 508 g/mol. The fraction of sp³-hybridized carbons (Fsp3) is 0.290. The van der Waals surface area contributed by atoms with Crippen molar-refractivity contribution < 1.29 is 4.79 Å².